The second-order valence-electron chi connectivity index (χ2n) is 2.08. The number of aldehydes is 2. The van der Waals surface area contributed by atoms with Crippen LogP contribution in [-0.2, 0) is 14.4 Å². The third-order valence-electron chi connectivity index (χ3n) is 1.26. The highest BCUT2D eigenvalue weighted by molar-refractivity contribution is 6.60. The molecule has 1 heterocycles. The third kappa shape index (κ3) is 1.14. The summed E-state index contributed by atoms with van der Waals surface area (Å²) in [7, 11) is 0. The van der Waals surface area contributed by atoms with Crippen LogP contribution in [0.25, 0.3) is 0 Å². The largest absolute Gasteiger partial charge is 0.476 e. The quantitative estimate of drug-likeness (QED) is 0.418. The van der Waals surface area contributed by atoms with Gasteiger partial charge >= 0.3 is 5.97 Å². The molecule has 1 N–H and O–H groups in total. The van der Waals surface area contributed by atoms with Gasteiger partial charge in [0.05, 0.1) is 6.21 Å². The van der Waals surface area contributed by atoms with Crippen LogP contribution in [0, 0.1) is 0 Å². The van der Waals surface area contributed by atoms with Crippen molar-refractivity contribution in [1.29, 1.82) is 0 Å². The van der Waals surface area contributed by atoms with E-state index in [-0.39, 0.29) is 12.6 Å². The van der Waals surface area contributed by atoms with Gasteiger partial charge in [-0.15, -0.1) is 0 Å². The number of aliphatic carboxylic acids is 1. The van der Waals surface area contributed by atoms with Gasteiger partial charge in [-0.3, -0.25) is 9.59 Å². The fourth-order valence-corrected chi connectivity index (χ4v) is 0.660. The first kappa shape index (κ1) is 8.25. The van der Waals surface area contributed by atoms with Gasteiger partial charge < -0.3 is 5.11 Å². The lowest BCUT2D eigenvalue weighted by molar-refractivity contribution is -0.129. The zero-order valence-electron chi connectivity index (χ0n) is 5.80. The van der Waals surface area contributed by atoms with Crippen LogP contribution in [0.5, 0.6) is 0 Å². The van der Waals surface area contributed by atoms with Crippen LogP contribution < -0.4 is 0 Å². The molecule has 0 unspecified atom stereocenters. The van der Waals surface area contributed by atoms with Crippen LogP contribution in [0.2, 0.25) is 0 Å². The Morgan fingerprint density at radius 2 is 2.08 bits per heavy atom. The first-order valence-electron chi connectivity index (χ1n) is 2.94. The van der Waals surface area contributed by atoms with Crippen molar-refractivity contribution in [2.75, 3.05) is 0 Å². The highest BCUT2D eigenvalue weighted by Crippen LogP contribution is 2.11. The minimum absolute atomic E-state index is 0.187. The Kier molecular flexibility index (Phi) is 1.82. The molecule has 6 nitrogen and oxygen atoms in total. The molecular weight excluding hydrogens is 164 g/mol. The molecular formula is C6H4N2O4. The highest BCUT2D eigenvalue weighted by Gasteiger charge is 2.33. The van der Waals surface area contributed by atoms with Crippen molar-refractivity contribution in [3.8, 4) is 0 Å². The summed E-state index contributed by atoms with van der Waals surface area (Å²) in [4.78, 5) is 37.5. The van der Waals surface area contributed by atoms with Gasteiger partial charge in [-0.2, -0.15) is 0 Å². The average Bonchev–Trinajstić information content (AvgIpc) is 2.49. The number of carboxylic acids is 1. The van der Waals surface area contributed by atoms with Crippen molar-refractivity contribution in [3.63, 3.8) is 0 Å². The lowest BCUT2D eigenvalue weighted by Gasteiger charge is -2.03. The van der Waals surface area contributed by atoms with Crippen molar-refractivity contribution >= 4 is 30.5 Å². The molecule has 0 aromatic rings. The molecule has 0 atom stereocenters. The topological polar surface area (TPSA) is 96.2 Å². The van der Waals surface area contributed by atoms with Crippen molar-refractivity contribution in [2.45, 2.75) is 5.66 Å². The molecule has 0 spiro atoms. The summed E-state index contributed by atoms with van der Waals surface area (Å²) in [5, 5.41) is 8.38. The number of carboxylic acid groups (broad SMARTS) is 1. The fraction of sp³-hybridized carbons (Fsp3) is 0.167. The molecule has 1 aliphatic rings. The Bertz CT molecular complexity index is 297. The van der Waals surface area contributed by atoms with Crippen molar-refractivity contribution in [3.05, 3.63) is 0 Å². The van der Waals surface area contributed by atoms with Crippen LogP contribution in [0.15, 0.2) is 9.98 Å². The minimum atomic E-state index is -1.85. The predicted octanol–water partition coefficient (Wildman–Crippen LogP) is -1.31. The summed E-state index contributed by atoms with van der Waals surface area (Å²) in [6.07, 6.45) is 1.25. The summed E-state index contributed by atoms with van der Waals surface area (Å²) in [5.41, 5.74) is -2.25. The number of rotatable bonds is 3. The highest BCUT2D eigenvalue weighted by atomic mass is 16.4. The summed E-state index contributed by atoms with van der Waals surface area (Å²) >= 11 is 0. The van der Waals surface area contributed by atoms with Gasteiger partial charge in [-0.1, -0.05) is 0 Å². The fourth-order valence-electron chi connectivity index (χ4n) is 0.660. The van der Waals surface area contributed by atoms with Crippen LogP contribution in [-0.4, -0.2) is 41.2 Å². The Balaban J connectivity index is 3.04. The van der Waals surface area contributed by atoms with Crippen molar-refractivity contribution in [1.82, 2.24) is 0 Å². The molecule has 0 aliphatic carbocycles. The molecule has 0 aromatic heterocycles. The number of hydrogen-bond donors (Lipinski definition) is 1. The van der Waals surface area contributed by atoms with Gasteiger partial charge in [0.15, 0.2) is 18.3 Å². The number of nitrogens with zero attached hydrogens (tertiary/aromatic N) is 2. The SMILES string of the molecule is O=CC1(C=O)N=CC(C(=O)O)=N1. The molecule has 0 radical (unpaired) electrons. The maximum absolute atomic E-state index is 10.3. The summed E-state index contributed by atoms with van der Waals surface area (Å²) in [6.45, 7) is 0. The van der Waals surface area contributed by atoms with Crippen LogP contribution in [0.3, 0.4) is 0 Å². The molecule has 62 valence electrons. The molecule has 0 amide bonds. The van der Waals surface area contributed by atoms with Gasteiger partial charge in [-0.05, 0) is 0 Å². The van der Waals surface area contributed by atoms with E-state index in [1.54, 1.807) is 0 Å². The number of carbonyl (C=O) groups is 3. The predicted molar refractivity (Wildman–Crippen MR) is 38.4 cm³/mol. The van der Waals surface area contributed by atoms with Gasteiger partial charge in [0.25, 0.3) is 5.66 Å². The zero-order chi connectivity index (χ0) is 9.19. The summed E-state index contributed by atoms with van der Waals surface area (Å²) in [5.74, 6) is -1.32. The normalized spacial score (nSPS) is 18.5. The summed E-state index contributed by atoms with van der Waals surface area (Å²) < 4.78 is 0. The monoisotopic (exact) mass is 168 g/mol. The first-order chi connectivity index (χ1) is 5.63. The average molecular weight is 168 g/mol. The van der Waals surface area contributed by atoms with Gasteiger partial charge in [0.2, 0.25) is 0 Å². The second-order valence-corrected chi connectivity index (χ2v) is 2.08. The maximum atomic E-state index is 10.3. The molecule has 0 bridgehead atoms. The molecule has 6 heteroatoms. The van der Waals surface area contributed by atoms with E-state index in [0.717, 1.165) is 6.21 Å². The van der Waals surface area contributed by atoms with Crippen LogP contribution in [0.1, 0.15) is 0 Å². The van der Waals surface area contributed by atoms with E-state index in [4.69, 9.17) is 5.11 Å². The van der Waals surface area contributed by atoms with E-state index in [1.807, 2.05) is 0 Å². The Morgan fingerprint density at radius 3 is 2.33 bits per heavy atom. The van der Waals surface area contributed by atoms with E-state index in [2.05, 4.69) is 9.98 Å². The lowest BCUT2D eigenvalue weighted by Crippen LogP contribution is -2.26. The smallest absolute Gasteiger partial charge is 0.355 e. The van der Waals surface area contributed by atoms with Gasteiger partial charge in [0, 0.05) is 0 Å². The van der Waals surface area contributed by atoms with E-state index >= 15 is 0 Å². The number of carbonyl (C=O) groups excluding carboxylic acids is 2. The Morgan fingerprint density at radius 1 is 1.50 bits per heavy atom. The van der Waals surface area contributed by atoms with Crippen molar-refractivity contribution < 1.29 is 19.5 Å². The Labute approximate surface area is 66.6 Å². The van der Waals surface area contributed by atoms with Gasteiger partial charge in [-0.25, -0.2) is 14.8 Å². The third-order valence-corrected chi connectivity index (χ3v) is 1.26. The first-order valence-corrected chi connectivity index (χ1v) is 2.94. The molecule has 1 aliphatic heterocycles. The number of aliphatic imine (C=N–C) groups is 2. The second kappa shape index (κ2) is 2.65. The molecule has 0 saturated carbocycles. The van der Waals surface area contributed by atoms with E-state index < -0.39 is 17.3 Å². The van der Waals surface area contributed by atoms with E-state index in [0.29, 0.717) is 0 Å². The van der Waals surface area contributed by atoms with E-state index in [1.165, 1.54) is 0 Å². The van der Waals surface area contributed by atoms with Crippen molar-refractivity contribution in [2.24, 2.45) is 9.98 Å². The Hall–Kier alpha value is -1.85. The maximum Gasteiger partial charge on any atom is 0.355 e. The molecule has 0 fully saturated rings. The molecule has 0 saturated heterocycles. The van der Waals surface area contributed by atoms with E-state index in [9.17, 15) is 14.4 Å². The standard InChI is InChI=1S/C6H4N2O4/c9-2-6(3-10)7-1-4(8-6)5(11)12/h1-3H,(H,11,12). The molecule has 1 rings (SSSR count). The minimum Gasteiger partial charge on any atom is -0.476 e. The van der Waals surface area contributed by atoms with Crippen LogP contribution in [0.4, 0.5) is 0 Å². The zero-order valence-corrected chi connectivity index (χ0v) is 5.80. The molecule has 0 aromatic carbocycles. The summed E-state index contributed by atoms with van der Waals surface area (Å²) in [6, 6.07) is 0. The molecule has 12 heavy (non-hydrogen) atoms. The number of hydrogen-bond acceptors (Lipinski definition) is 5. The van der Waals surface area contributed by atoms with Gasteiger partial charge in [0.1, 0.15) is 0 Å². The lowest BCUT2D eigenvalue weighted by atomic mass is 10.2. The van der Waals surface area contributed by atoms with Crippen LogP contribution >= 0.6 is 0 Å².